The van der Waals surface area contributed by atoms with Gasteiger partial charge in [-0.05, 0) is 17.7 Å². The standard InChI is InChI=1S/C9H10F4N2/c10-5-1-2-6(8(15)4-14)7(3-5)9(11,12)13/h1-3,8H,4,14-15H2/t8-/m0/s1. The average molecular weight is 222 g/mol. The monoisotopic (exact) mass is 222 g/mol. The van der Waals surface area contributed by atoms with E-state index in [0.29, 0.717) is 6.07 Å². The highest BCUT2D eigenvalue weighted by molar-refractivity contribution is 5.33. The maximum atomic E-state index is 12.7. The molecule has 0 aliphatic carbocycles. The van der Waals surface area contributed by atoms with Crippen molar-refractivity contribution in [1.29, 1.82) is 0 Å². The molecule has 84 valence electrons. The molecule has 15 heavy (non-hydrogen) atoms. The van der Waals surface area contributed by atoms with Crippen molar-refractivity contribution in [3.63, 3.8) is 0 Å². The molecule has 2 nitrogen and oxygen atoms in total. The summed E-state index contributed by atoms with van der Waals surface area (Å²) < 4.78 is 50.1. The predicted octanol–water partition coefficient (Wildman–Crippen LogP) is 1.80. The third kappa shape index (κ3) is 2.66. The Balaban J connectivity index is 3.27. The van der Waals surface area contributed by atoms with Crippen molar-refractivity contribution in [1.82, 2.24) is 0 Å². The van der Waals surface area contributed by atoms with Gasteiger partial charge in [-0.25, -0.2) is 4.39 Å². The summed E-state index contributed by atoms with van der Waals surface area (Å²) in [6, 6.07) is 1.42. The second kappa shape index (κ2) is 4.16. The van der Waals surface area contributed by atoms with Crippen LogP contribution in [0.1, 0.15) is 17.2 Å². The molecule has 0 bridgehead atoms. The van der Waals surface area contributed by atoms with Gasteiger partial charge in [0.1, 0.15) is 5.82 Å². The molecule has 1 rings (SSSR count). The Labute approximate surface area is 83.9 Å². The van der Waals surface area contributed by atoms with Gasteiger partial charge in [0.05, 0.1) is 5.56 Å². The topological polar surface area (TPSA) is 52.0 Å². The number of nitrogens with two attached hydrogens (primary N) is 2. The van der Waals surface area contributed by atoms with Crippen molar-refractivity contribution in [3.8, 4) is 0 Å². The Morgan fingerprint density at radius 2 is 1.87 bits per heavy atom. The first-order valence-electron chi connectivity index (χ1n) is 4.18. The Hall–Kier alpha value is -1.14. The van der Waals surface area contributed by atoms with E-state index < -0.39 is 23.6 Å². The van der Waals surface area contributed by atoms with Crippen LogP contribution in [0, 0.1) is 5.82 Å². The highest BCUT2D eigenvalue weighted by Crippen LogP contribution is 2.34. The van der Waals surface area contributed by atoms with Crippen molar-refractivity contribution in [2.24, 2.45) is 11.5 Å². The smallest absolute Gasteiger partial charge is 0.329 e. The molecule has 0 saturated carbocycles. The maximum absolute atomic E-state index is 12.7. The lowest BCUT2D eigenvalue weighted by molar-refractivity contribution is -0.138. The molecule has 0 aliphatic rings. The number of halogens is 4. The molecule has 0 aliphatic heterocycles. The normalized spacial score (nSPS) is 14.0. The molecule has 0 spiro atoms. The Morgan fingerprint density at radius 1 is 1.27 bits per heavy atom. The summed E-state index contributed by atoms with van der Waals surface area (Å²) in [5, 5.41) is 0. The SMILES string of the molecule is NC[C@H](N)c1ccc(F)cc1C(F)(F)F. The van der Waals surface area contributed by atoms with Crippen LogP contribution in [0.15, 0.2) is 18.2 Å². The van der Waals surface area contributed by atoms with E-state index in [2.05, 4.69) is 0 Å². The minimum Gasteiger partial charge on any atom is -0.329 e. The third-order valence-corrected chi connectivity index (χ3v) is 1.97. The molecule has 0 saturated heterocycles. The summed E-state index contributed by atoms with van der Waals surface area (Å²) in [5.41, 5.74) is 9.31. The summed E-state index contributed by atoms with van der Waals surface area (Å²) >= 11 is 0. The highest BCUT2D eigenvalue weighted by Gasteiger charge is 2.34. The molecule has 4 N–H and O–H groups in total. The van der Waals surface area contributed by atoms with Crippen LogP contribution in [0.5, 0.6) is 0 Å². The summed E-state index contributed by atoms with van der Waals surface area (Å²) in [6.45, 7) is -0.130. The van der Waals surface area contributed by atoms with E-state index in [1.807, 2.05) is 0 Å². The van der Waals surface area contributed by atoms with Gasteiger partial charge in [-0.2, -0.15) is 13.2 Å². The van der Waals surface area contributed by atoms with Crippen molar-refractivity contribution in [2.75, 3.05) is 6.54 Å². The number of alkyl halides is 3. The van der Waals surface area contributed by atoms with E-state index in [1.54, 1.807) is 0 Å². The van der Waals surface area contributed by atoms with Crippen molar-refractivity contribution in [2.45, 2.75) is 12.2 Å². The van der Waals surface area contributed by atoms with E-state index in [9.17, 15) is 17.6 Å². The lowest BCUT2D eigenvalue weighted by atomic mass is 10.0. The predicted molar refractivity (Wildman–Crippen MR) is 47.4 cm³/mol. The van der Waals surface area contributed by atoms with Crippen LogP contribution in [0.2, 0.25) is 0 Å². The molecule has 0 heterocycles. The summed E-state index contributed by atoms with van der Waals surface area (Å²) in [5.74, 6) is -0.949. The molecule has 0 unspecified atom stereocenters. The van der Waals surface area contributed by atoms with Gasteiger partial charge in [0.2, 0.25) is 0 Å². The molecule has 0 radical (unpaired) electrons. The molecule has 0 amide bonds. The molecule has 0 fully saturated rings. The molecule has 0 aromatic heterocycles. The van der Waals surface area contributed by atoms with Gasteiger partial charge in [0.25, 0.3) is 0 Å². The minimum absolute atomic E-state index is 0.130. The first-order chi connectivity index (χ1) is 6.86. The molecule has 1 atom stereocenters. The minimum atomic E-state index is -4.62. The zero-order chi connectivity index (χ0) is 11.6. The zero-order valence-corrected chi connectivity index (χ0v) is 7.68. The Morgan fingerprint density at radius 3 is 2.33 bits per heavy atom. The van der Waals surface area contributed by atoms with Crippen molar-refractivity contribution in [3.05, 3.63) is 35.1 Å². The molecule has 1 aromatic rings. The second-order valence-electron chi connectivity index (χ2n) is 3.07. The van der Waals surface area contributed by atoms with E-state index in [-0.39, 0.29) is 12.1 Å². The third-order valence-electron chi connectivity index (χ3n) is 1.97. The fourth-order valence-electron chi connectivity index (χ4n) is 1.22. The number of hydrogen-bond acceptors (Lipinski definition) is 2. The van der Waals surface area contributed by atoms with Crippen LogP contribution in [-0.2, 0) is 6.18 Å². The maximum Gasteiger partial charge on any atom is 0.416 e. The van der Waals surface area contributed by atoms with Gasteiger partial charge in [-0.3, -0.25) is 0 Å². The fraction of sp³-hybridized carbons (Fsp3) is 0.333. The molecule has 6 heteroatoms. The lowest BCUT2D eigenvalue weighted by Crippen LogP contribution is -2.24. The van der Waals surface area contributed by atoms with Crippen molar-refractivity contribution < 1.29 is 17.6 Å². The van der Waals surface area contributed by atoms with Crippen LogP contribution >= 0.6 is 0 Å². The average Bonchev–Trinajstić information content (AvgIpc) is 2.15. The van der Waals surface area contributed by atoms with Crippen LogP contribution in [0.3, 0.4) is 0 Å². The van der Waals surface area contributed by atoms with E-state index in [1.165, 1.54) is 0 Å². The highest BCUT2D eigenvalue weighted by atomic mass is 19.4. The Kier molecular flexibility index (Phi) is 3.31. The van der Waals surface area contributed by atoms with Gasteiger partial charge in [-0.1, -0.05) is 6.07 Å². The first kappa shape index (κ1) is 11.9. The molecule has 1 aromatic carbocycles. The number of rotatable bonds is 2. The fourth-order valence-corrected chi connectivity index (χ4v) is 1.22. The van der Waals surface area contributed by atoms with Gasteiger partial charge in [-0.15, -0.1) is 0 Å². The molecular formula is C9H10F4N2. The van der Waals surface area contributed by atoms with Gasteiger partial charge in [0.15, 0.2) is 0 Å². The van der Waals surface area contributed by atoms with E-state index in [0.717, 1.165) is 12.1 Å². The second-order valence-corrected chi connectivity index (χ2v) is 3.07. The molecular weight excluding hydrogens is 212 g/mol. The van der Waals surface area contributed by atoms with Crippen molar-refractivity contribution >= 4 is 0 Å². The van der Waals surface area contributed by atoms with Crippen LogP contribution < -0.4 is 11.5 Å². The van der Waals surface area contributed by atoms with Gasteiger partial charge < -0.3 is 11.5 Å². The summed E-state index contributed by atoms with van der Waals surface area (Å²) in [4.78, 5) is 0. The largest absolute Gasteiger partial charge is 0.416 e. The van der Waals surface area contributed by atoms with Crippen LogP contribution in [0.4, 0.5) is 17.6 Å². The van der Waals surface area contributed by atoms with E-state index >= 15 is 0 Å². The lowest BCUT2D eigenvalue weighted by Gasteiger charge is -2.16. The van der Waals surface area contributed by atoms with E-state index in [4.69, 9.17) is 11.5 Å². The Bertz CT molecular complexity index is 348. The zero-order valence-electron chi connectivity index (χ0n) is 7.68. The number of benzene rings is 1. The summed E-state index contributed by atoms with van der Waals surface area (Å²) in [7, 11) is 0. The van der Waals surface area contributed by atoms with Crippen LogP contribution in [-0.4, -0.2) is 6.54 Å². The first-order valence-corrected chi connectivity index (χ1v) is 4.18. The van der Waals surface area contributed by atoms with Gasteiger partial charge >= 0.3 is 6.18 Å². The summed E-state index contributed by atoms with van der Waals surface area (Å²) in [6.07, 6.45) is -4.62. The number of hydrogen-bond donors (Lipinski definition) is 2. The van der Waals surface area contributed by atoms with Gasteiger partial charge in [0, 0.05) is 12.6 Å². The van der Waals surface area contributed by atoms with Crippen LogP contribution in [0.25, 0.3) is 0 Å². The quantitative estimate of drug-likeness (QED) is 0.749.